The van der Waals surface area contributed by atoms with Crippen LogP contribution in [0.3, 0.4) is 0 Å². The first kappa shape index (κ1) is 22.5. The molecule has 1 aromatic heterocycles. The van der Waals surface area contributed by atoms with Crippen LogP contribution in [-0.4, -0.2) is 30.6 Å². The molecule has 0 radical (unpaired) electrons. The minimum Gasteiger partial charge on any atom is -0.296 e. The summed E-state index contributed by atoms with van der Waals surface area (Å²) in [5, 5.41) is 11.7. The second kappa shape index (κ2) is 8.68. The van der Waals surface area contributed by atoms with Crippen LogP contribution in [0.4, 0.5) is 9.52 Å². The summed E-state index contributed by atoms with van der Waals surface area (Å²) in [7, 11) is -3.81. The largest absolute Gasteiger partial charge is 0.296 e. The summed E-state index contributed by atoms with van der Waals surface area (Å²) in [6, 6.07) is 13.0. The normalized spacial score (nSPS) is 14.3. The molecule has 3 aromatic rings. The fourth-order valence-corrected chi connectivity index (χ4v) is 5.40. The van der Waals surface area contributed by atoms with Crippen molar-refractivity contribution in [2.45, 2.75) is 49.5 Å². The van der Waals surface area contributed by atoms with Gasteiger partial charge in [0, 0.05) is 11.5 Å². The second-order valence-corrected chi connectivity index (χ2v) is 11.1. The first-order chi connectivity index (χ1) is 15.1. The summed E-state index contributed by atoms with van der Waals surface area (Å²) in [5.74, 6) is -1.60. The maximum atomic E-state index is 14.3. The molecule has 10 heteroatoms. The highest BCUT2D eigenvalue weighted by Gasteiger charge is 2.29. The number of nitrogens with zero attached hydrogens (tertiary/aromatic N) is 2. The molecule has 168 valence electrons. The minimum atomic E-state index is -3.81. The van der Waals surface area contributed by atoms with Gasteiger partial charge in [-0.15, -0.1) is 10.2 Å². The molecule has 4 rings (SSSR count). The molecule has 1 amide bonds. The molecule has 1 saturated carbocycles. The smallest absolute Gasteiger partial charge is 0.260 e. The van der Waals surface area contributed by atoms with Crippen molar-refractivity contribution in [2.75, 3.05) is 5.32 Å². The number of benzene rings is 2. The van der Waals surface area contributed by atoms with Gasteiger partial charge in [0.05, 0.1) is 10.5 Å². The zero-order valence-electron chi connectivity index (χ0n) is 17.6. The fourth-order valence-electron chi connectivity index (χ4n) is 3.23. The Bertz CT molecular complexity index is 1240. The lowest BCUT2D eigenvalue weighted by atomic mass is 9.86. The van der Waals surface area contributed by atoms with Gasteiger partial charge in [-0.3, -0.25) is 10.1 Å². The maximum absolute atomic E-state index is 14.3. The summed E-state index contributed by atoms with van der Waals surface area (Å²) in [6.07, 6.45) is 2.28. The lowest BCUT2D eigenvalue weighted by Crippen LogP contribution is -2.26. The molecule has 2 N–H and O–H groups in total. The molecule has 0 saturated heterocycles. The van der Waals surface area contributed by atoms with Crippen molar-refractivity contribution in [3.8, 4) is 0 Å². The van der Waals surface area contributed by atoms with E-state index in [1.54, 1.807) is 0 Å². The Morgan fingerprint density at radius 1 is 1.16 bits per heavy atom. The first-order valence-corrected chi connectivity index (χ1v) is 12.5. The van der Waals surface area contributed by atoms with Gasteiger partial charge in [-0.2, -0.15) is 0 Å². The molecule has 1 aliphatic carbocycles. The first-order valence-electron chi connectivity index (χ1n) is 10.2. The predicted octanol–water partition coefficient (Wildman–Crippen LogP) is 3.89. The van der Waals surface area contributed by atoms with Gasteiger partial charge < -0.3 is 0 Å². The van der Waals surface area contributed by atoms with E-state index in [0.717, 1.165) is 48.0 Å². The average Bonchev–Trinajstić information content (AvgIpc) is 3.40. The molecule has 0 bridgehead atoms. The molecular formula is C22H23FN4O3S2. The van der Waals surface area contributed by atoms with Crippen molar-refractivity contribution in [1.29, 1.82) is 0 Å². The monoisotopic (exact) mass is 474 g/mol. The van der Waals surface area contributed by atoms with E-state index in [1.165, 1.54) is 11.3 Å². The van der Waals surface area contributed by atoms with Crippen LogP contribution in [0.15, 0.2) is 53.4 Å². The molecular weight excluding hydrogens is 451 g/mol. The molecule has 32 heavy (non-hydrogen) atoms. The third-order valence-electron chi connectivity index (χ3n) is 5.11. The number of rotatable bonds is 8. The van der Waals surface area contributed by atoms with Gasteiger partial charge in [0.15, 0.2) is 0 Å². The number of hydrogen-bond acceptors (Lipinski definition) is 6. The standard InChI is InChI=1S/C22H23FN4O3S2/c1-22(2,13-14-6-4-3-5-7-14)20-25-26-21(31-20)24-19(28)17-12-16(10-11-18(17)23)32(29,30)27-15-8-9-15/h3-7,10-12,15,27H,8-9,13H2,1-2H3,(H,24,26,28). The van der Waals surface area contributed by atoms with Crippen LogP contribution >= 0.6 is 11.3 Å². The molecule has 7 nitrogen and oxygen atoms in total. The Kier molecular flexibility index (Phi) is 6.11. The number of sulfonamides is 1. The molecule has 1 aliphatic rings. The maximum Gasteiger partial charge on any atom is 0.260 e. The molecule has 0 aliphatic heterocycles. The Morgan fingerprint density at radius 2 is 1.88 bits per heavy atom. The zero-order valence-corrected chi connectivity index (χ0v) is 19.3. The minimum absolute atomic E-state index is 0.0959. The van der Waals surface area contributed by atoms with Crippen LogP contribution in [0.5, 0.6) is 0 Å². The van der Waals surface area contributed by atoms with Crippen molar-refractivity contribution < 1.29 is 17.6 Å². The van der Waals surface area contributed by atoms with E-state index in [9.17, 15) is 17.6 Å². The van der Waals surface area contributed by atoms with Crippen molar-refractivity contribution in [3.63, 3.8) is 0 Å². The van der Waals surface area contributed by atoms with E-state index in [4.69, 9.17) is 0 Å². The highest BCUT2D eigenvalue weighted by molar-refractivity contribution is 7.89. The van der Waals surface area contributed by atoms with Gasteiger partial charge in [-0.05, 0) is 43.0 Å². The van der Waals surface area contributed by atoms with Gasteiger partial charge in [0.1, 0.15) is 10.8 Å². The van der Waals surface area contributed by atoms with Gasteiger partial charge >= 0.3 is 0 Å². The van der Waals surface area contributed by atoms with E-state index < -0.39 is 21.7 Å². The van der Waals surface area contributed by atoms with Gasteiger partial charge in [0.25, 0.3) is 5.91 Å². The van der Waals surface area contributed by atoms with Crippen LogP contribution in [-0.2, 0) is 21.9 Å². The highest BCUT2D eigenvalue weighted by atomic mass is 32.2. The summed E-state index contributed by atoms with van der Waals surface area (Å²) >= 11 is 1.21. The second-order valence-electron chi connectivity index (χ2n) is 8.45. The summed E-state index contributed by atoms with van der Waals surface area (Å²) in [6.45, 7) is 4.07. The number of halogens is 1. The van der Waals surface area contributed by atoms with Crippen LogP contribution in [0.2, 0.25) is 0 Å². The Balaban J connectivity index is 1.50. The van der Waals surface area contributed by atoms with E-state index in [0.29, 0.717) is 0 Å². The highest BCUT2D eigenvalue weighted by Crippen LogP contribution is 2.32. The third-order valence-corrected chi connectivity index (χ3v) is 7.83. The van der Waals surface area contributed by atoms with Crippen molar-refractivity contribution in [3.05, 3.63) is 70.5 Å². The molecule has 2 aromatic carbocycles. The number of aromatic nitrogens is 2. The zero-order chi connectivity index (χ0) is 22.9. The number of anilines is 1. The van der Waals surface area contributed by atoms with E-state index in [1.807, 2.05) is 44.2 Å². The Morgan fingerprint density at radius 3 is 2.56 bits per heavy atom. The molecule has 1 heterocycles. The van der Waals surface area contributed by atoms with E-state index >= 15 is 0 Å². The number of amides is 1. The van der Waals surface area contributed by atoms with Gasteiger partial charge in [0.2, 0.25) is 15.2 Å². The molecule has 0 spiro atoms. The summed E-state index contributed by atoms with van der Waals surface area (Å²) < 4.78 is 41.6. The Labute approximate surface area is 190 Å². The Hall–Kier alpha value is -2.69. The number of nitrogens with one attached hydrogen (secondary N) is 2. The number of carbonyl (C=O) groups is 1. The predicted molar refractivity (Wildman–Crippen MR) is 121 cm³/mol. The topological polar surface area (TPSA) is 101 Å². The van der Waals surface area contributed by atoms with Gasteiger partial charge in [-0.25, -0.2) is 17.5 Å². The lowest BCUT2D eigenvalue weighted by Gasteiger charge is -2.21. The number of carbonyl (C=O) groups excluding carboxylic acids is 1. The SMILES string of the molecule is CC(C)(Cc1ccccc1)c1nnc(NC(=O)c2cc(S(=O)(=O)NC3CC3)ccc2F)s1. The van der Waals surface area contributed by atoms with Crippen LogP contribution in [0.25, 0.3) is 0 Å². The summed E-state index contributed by atoms with van der Waals surface area (Å²) in [5.41, 5.74) is 0.456. The quantitative estimate of drug-likeness (QED) is 0.516. The van der Waals surface area contributed by atoms with Crippen molar-refractivity contribution in [1.82, 2.24) is 14.9 Å². The lowest BCUT2D eigenvalue weighted by molar-refractivity contribution is 0.102. The van der Waals surface area contributed by atoms with Crippen LogP contribution in [0.1, 0.15) is 47.6 Å². The molecule has 1 fully saturated rings. The summed E-state index contributed by atoms with van der Waals surface area (Å²) in [4.78, 5) is 12.5. The van der Waals surface area contributed by atoms with Crippen LogP contribution < -0.4 is 10.0 Å². The third kappa shape index (κ3) is 5.20. The van der Waals surface area contributed by atoms with Crippen molar-refractivity contribution >= 4 is 32.4 Å². The fraction of sp³-hybridized carbons (Fsp3) is 0.318. The number of hydrogen-bond donors (Lipinski definition) is 2. The molecule has 0 unspecified atom stereocenters. The average molecular weight is 475 g/mol. The van der Waals surface area contributed by atoms with E-state index in [2.05, 4.69) is 20.2 Å². The van der Waals surface area contributed by atoms with E-state index in [-0.39, 0.29) is 27.0 Å². The van der Waals surface area contributed by atoms with Crippen LogP contribution in [0, 0.1) is 5.82 Å². The molecule has 0 atom stereocenters. The van der Waals surface area contributed by atoms with Crippen molar-refractivity contribution in [2.24, 2.45) is 0 Å². The van der Waals surface area contributed by atoms with Gasteiger partial charge in [-0.1, -0.05) is 55.5 Å².